The van der Waals surface area contributed by atoms with Gasteiger partial charge in [0.25, 0.3) is 11.8 Å². The first kappa shape index (κ1) is 18.8. The average molecular weight is 382 g/mol. The molecule has 8 heteroatoms. The fourth-order valence-corrected chi connectivity index (χ4v) is 2.20. The molecule has 0 aliphatic heterocycles. The van der Waals surface area contributed by atoms with Crippen LogP contribution in [0.15, 0.2) is 42.5 Å². The molecule has 0 heterocycles. The van der Waals surface area contributed by atoms with Gasteiger partial charge in [0.1, 0.15) is 5.75 Å². The summed E-state index contributed by atoms with van der Waals surface area (Å²) in [6, 6.07) is 10.6. The van der Waals surface area contributed by atoms with Gasteiger partial charge in [0.2, 0.25) is 0 Å². The number of nitrogens with one attached hydrogen (secondary N) is 1. The van der Waals surface area contributed by atoms with Gasteiger partial charge in [-0.15, -0.1) is 0 Å². The molecule has 0 aliphatic carbocycles. The van der Waals surface area contributed by atoms with Crippen LogP contribution in [0.3, 0.4) is 0 Å². The van der Waals surface area contributed by atoms with Gasteiger partial charge in [-0.05, 0) is 30.3 Å². The zero-order valence-corrected chi connectivity index (χ0v) is 14.6. The van der Waals surface area contributed by atoms with Crippen molar-refractivity contribution in [1.29, 1.82) is 0 Å². The normalized spacial score (nSPS) is 10.0. The Morgan fingerprint density at radius 1 is 1.04 bits per heavy atom. The molecule has 25 heavy (non-hydrogen) atoms. The number of rotatable bonds is 5. The highest BCUT2D eigenvalue weighted by Gasteiger charge is 2.16. The van der Waals surface area contributed by atoms with Gasteiger partial charge in [0, 0.05) is 0 Å². The molecule has 0 spiro atoms. The number of halogens is 2. The Kier molecular flexibility index (Phi) is 6.38. The van der Waals surface area contributed by atoms with Crippen molar-refractivity contribution < 1.29 is 23.9 Å². The number of para-hydroxylation sites is 1. The van der Waals surface area contributed by atoms with Crippen molar-refractivity contribution in [1.82, 2.24) is 5.32 Å². The third kappa shape index (κ3) is 4.95. The maximum Gasteiger partial charge on any atom is 0.338 e. The van der Waals surface area contributed by atoms with E-state index >= 15 is 0 Å². The van der Waals surface area contributed by atoms with E-state index in [1.165, 1.54) is 31.4 Å². The van der Waals surface area contributed by atoms with E-state index in [1.54, 1.807) is 18.2 Å². The standard InChI is InChI=1S/C17H13Cl2NO5/c1-24-14-5-3-2-4-11(14)16(22)20-15(21)9-25-17(23)10-6-7-12(18)13(19)8-10/h2-8H,9H2,1H3,(H,20,21,22). The second-order valence-corrected chi connectivity index (χ2v) is 5.60. The highest BCUT2D eigenvalue weighted by atomic mass is 35.5. The minimum Gasteiger partial charge on any atom is -0.496 e. The minimum atomic E-state index is -0.774. The monoisotopic (exact) mass is 381 g/mol. The van der Waals surface area contributed by atoms with Crippen molar-refractivity contribution in [2.45, 2.75) is 0 Å². The SMILES string of the molecule is COc1ccccc1C(=O)NC(=O)COC(=O)c1ccc(Cl)c(Cl)c1. The van der Waals surface area contributed by atoms with Crippen LogP contribution in [0.2, 0.25) is 10.0 Å². The molecule has 0 fully saturated rings. The van der Waals surface area contributed by atoms with Gasteiger partial charge in [-0.3, -0.25) is 14.9 Å². The lowest BCUT2D eigenvalue weighted by Crippen LogP contribution is -2.34. The lowest BCUT2D eigenvalue weighted by molar-refractivity contribution is -0.123. The smallest absolute Gasteiger partial charge is 0.338 e. The molecule has 130 valence electrons. The summed E-state index contributed by atoms with van der Waals surface area (Å²) in [5.74, 6) is -1.88. The molecule has 0 radical (unpaired) electrons. The van der Waals surface area contributed by atoms with Crippen LogP contribution >= 0.6 is 23.2 Å². The van der Waals surface area contributed by atoms with Crippen LogP contribution in [-0.2, 0) is 9.53 Å². The summed E-state index contributed by atoms with van der Waals surface area (Å²) in [5.41, 5.74) is 0.326. The topological polar surface area (TPSA) is 81.7 Å². The summed E-state index contributed by atoms with van der Waals surface area (Å²) in [6.45, 7) is -0.625. The Labute approximate surface area is 153 Å². The third-order valence-electron chi connectivity index (χ3n) is 3.09. The lowest BCUT2D eigenvalue weighted by atomic mass is 10.2. The molecule has 0 atom stereocenters. The van der Waals surface area contributed by atoms with Crippen molar-refractivity contribution in [3.63, 3.8) is 0 Å². The zero-order valence-electron chi connectivity index (χ0n) is 13.0. The van der Waals surface area contributed by atoms with E-state index in [2.05, 4.69) is 5.32 Å². The molecule has 0 saturated heterocycles. The van der Waals surface area contributed by atoms with E-state index in [0.29, 0.717) is 10.8 Å². The van der Waals surface area contributed by atoms with Gasteiger partial charge in [-0.1, -0.05) is 35.3 Å². The Hall–Kier alpha value is -2.57. The van der Waals surface area contributed by atoms with E-state index in [0.717, 1.165) is 0 Å². The van der Waals surface area contributed by atoms with Gasteiger partial charge in [-0.2, -0.15) is 0 Å². The number of ether oxygens (including phenoxy) is 2. The lowest BCUT2D eigenvalue weighted by Gasteiger charge is -2.09. The molecule has 2 amide bonds. The van der Waals surface area contributed by atoms with Gasteiger partial charge in [0.05, 0.1) is 28.3 Å². The van der Waals surface area contributed by atoms with Crippen LogP contribution in [0.4, 0.5) is 0 Å². The van der Waals surface area contributed by atoms with Crippen molar-refractivity contribution in [2.75, 3.05) is 13.7 Å². The van der Waals surface area contributed by atoms with Gasteiger partial charge in [-0.25, -0.2) is 4.79 Å². The summed E-state index contributed by atoms with van der Waals surface area (Å²) < 4.78 is 9.89. The Morgan fingerprint density at radius 2 is 1.76 bits per heavy atom. The predicted octanol–water partition coefficient (Wildman–Crippen LogP) is 3.12. The van der Waals surface area contributed by atoms with E-state index in [-0.39, 0.29) is 16.1 Å². The molecular weight excluding hydrogens is 369 g/mol. The van der Waals surface area contributed by atoms with Gasteiger partial charge in [0.15, 0.2) is 6.61 Å². The van der Waals surface area contributed by atoms with Gasteiger partial charge < -0.3 is 9.47 Å². The molecule has 0 unspecified atom stereocenters. The van der Waals surface area contributed by atoms with Crippen molar-refractivity contribution in [2.24, 2.45) is 0 Å². The molecule has 2 rings (SSSR count). The van der Waals surface area contributed by atoms with Crippen molar-refractivity contribution in [3.05, 3.63) is 63.6 Å². The molecule has 6 nitrogen and oxygen atoms in total. The first-order chi connectivity index (χ1) is 11.9. The first-order valence-electron chi connectivity index (χ1n) is 7.01. The number of hydrogen-bond donors (Lipinski definition) is 1. The Balaban J connectivity index is 1.93. The van der Waals surface area contributed by atoms with E-state index < -0.39 is 24.4 Å². The molecule has 0 aromatic heterocycles. The second-order valence-electron chi connectivity index (χ2n) is 4.78. The third-order valence-corrected chi connectivity index (χ3v) is 3.83. The van der Waals surface area contributed by atoms with Crippen LogP contribution in [0.1, 0.15) is 20.7 Å². The number of methoxy groups -OCH3 is 1. The predicted molar refractivity (Wildman–Crippen MR) is 92.2 cm³/mol. The Morgan fingerprint density at radius 3 is 2.44 bits per heavy atom. The second kappa shape index (κ2) is 8.50. The van der Waals surface area contributed by atoms with E-state index in [1.807, 2.05) is 0 Å². The van der Waals surface area contributed by atoms with Crippen LogP contribution in [0.5, 0.6) is 5.75 Å². The summed E-state index contributed by atoms with van der Waals surface area (Å²) >= 11 is 11.6. The minimum absolute atomic E-state index is 0.137. The molecular formula is C17H13Cl2NO5. The molecule has 0 bridgehead atoms. The fourth-order valence-electron chi connectivity index (χ4n) is 1.90. The highest BCUT2D eigenvalue weighted by molar-refractivity contribution is 6.42. The number of carbonyl (C=O) groups excluding carboxylic acids is 3. The average Bonchev–Trinajstić information content (AvgIpc) is 2.61. The fraction of sp³-hybridized carbons (Fsp3) is 0.118. The summed E-state index contributed by atoms with van der Waals surface area (Å²) in [4.78, 5) is 35.7. The van der Waals surface area contributed by atoms with Crippen molar-refractivity contribution >= 4 is 41.0 Å². The van der Waals surface area contributed by atoms with Crippen molar-refractivity contribution in [3.8, 4) is 5.75 Å². The molecule has 1 N–H and O–H groups in total. The number of benzene rings is 2. The number of imide groups is 1. The van der Waals surface area contributed by atoms with Crippen LogP contribution in [0.25, 0.3) is 0 Å². The summed E-state index contributed by atoms with van der Waals surface area (Å²) in [7, 11) is 1.41. The number of amides is 2. The van der Waals surface area contributed by atoms with Crippen LogP contribution < -0.4 is 10.1 Å². The molecule has 0 saturated carbocycles. The summed E-state index contributed by atoms with van der Waals surface area (Å²) in [6.07, 6.45) is 0. The number of carbonyl (C=O) groups is 3. The van der Waals surface area contributed by atoms with Crippen LogP contribution in [0, 0.1) is 0 Å². The van der Waals surface area contributed by atoms with E-state index in [9.17, 15) is 14.4 Å². The van der Waals surface area contributed by atoms with Gasteiger partial charge >= 0.3 is 5.97 Å². The summed E-state index contributed by atoms with van der Waals surface area (Å²) in [5, 5.41) is 2.59. The first-order valence-corrected chi connectivity index (χ1v) is 7.77. The maximum absolute atomic E-state index is 12.0. The highest BCUT2D eigenvalue weighted by Crippen LogP contribution is 2.23. The Bertz CT molecular complexity index is 822. The zero-order chi connectivity index (χ0) is 18.4. The van der Waals surface area contributed by atoms with Crippen LogP contribution in [-0.4, -0.2) is 31.5 Å². The maximum atomic E-state index is 12.0. The number of hydrogen-bond acceptors (Lipinski definition) is 5. The molecule has 2 aromatic rings. The number of esters is 1. The molecule has 0 aliphatic rings. The quantitative estimate of drug-likeness (QED) is 0.804. The molecule has 2 aromatic carbocycles. The largest absolute Gasteiger partial charge is 0.496 e. The van der Waals surface area contributed by atoms with E-state index in [4.69, 9.17) is 32.7 Å².